The van der Waals surface area contributed by atoms with E-state index in [1.807, 2.05) is 30.3 Å². The Morgan fingerprint density at radius 3 is 2.14 bits per heavy atom. The Morgan fingerprint density at radius 2 is 1.51 bits per heavy atom. The number of ether oxygens (including phenoxy) is 2. The number of sulfonamides is 1. The smallest absolute Gasteiger partial charge is 0.264 e. The maximum absolute atomic E-state index is 14.7. The fraction of sp³-hybridized carbons (Fsp3) is 0.297. The molecule has 0 spiro atoms. The highest BCUT2D eigenvalue weighted by Gasteiger charge is 2.36. The Morgan fingerprint density at radius 1 is 0.857 bits per heavy atom. The van der Waals surface area contributed by atoms with Crippen molar-refractivity contribution in [3.05, 3.63) is 118 Å². The number of carbonyl (C=O) groups is 2. The van der Waals surface area contributed by atoms with Crippen LogP contribution in [0.15, 0.2) is 102 Å². The van der Waals surface area contributed by atoms with E-state index >= 15 is 0 Å². The summed E-state index contributed by atoms with van der Waals surface area (Å²) in [6.07, 6.45) is 3.93. The quantitative estimate of drug-likeness (QED) is 0.152. The van der Waals surface area contributed by atoms with Crippen LogP contribution in [0.2, 0.25) is 10.0 Å². The fourth-order valence-electron chi connectivity index (χ4n) is 5.98. The number of carbonyl (C=O) groups excluding carboxylic acids is 2. The summed E-state index contributed by atoms with van der Waals surface area (Å²) in [5.41, 5.74) is 1.66. The summed E-state index contributed by atoms with van der Waals surface area (Å²) in [5, 5.41) is 3.90. The van der Waals surface area contributed by atoms with Crippen molar-refractivity contribution in [2.45, 2.75) is 55.6 Å². The number of nitrogens with one attached hydrogen (secondary N) is 1. The summed E-state index contributed by atoms with van der Waals surface area (Å²) in [4.78, 5) is 30.2. The third kappa shape index (κ3) is 8.86. The van der Waals surface area contributed by atoms with E-state index in [-0.39, 0.29) is 41.2 Å². The van der Waals surface area contributed by atoms with Crippen molar-refractivity contribution in [2.75, 3.05) is 25.1 Å². The van der Waals surface area contributed by atoms with Crippen molar-refractivity contribution >= 4 is 50.7 Å². The predicted octanol–water partition coefficient (Wildman–Crippen LogP) is 6.90. The number of amides is 2. The van der Waals surface area contributed by atoms with Gasteiger partial charge in [-0.3, -0.25) is 13.9 Å². The summed E-state index contributed by atoms with van der Waals surface area (Å²) >= 11 is 12.8. The highest BCUT2D eigenvalue weighted by atomic mass is 35.5. The standard InChI is InChI=1S/C37H39Cl2N3O6S/c1-47-34-20-19-31(23-35(34)48-2)49(45,46)42(30-15-7-4-8-16-30)25-36(43)41(24-27-17-18-28(38)22-32(27)39)33(21-26-11-5-3-6-12-26)37(44)40-29-13-9-10-14-29/h3-8,11-12,15-20,22-23,29,33H,9-10,13-14,21,24-25H2,1-2H3,(H,40,44)/t33-/m0/s1. The number of para-hydroxylation sites is 1. The minimum atomic E-state index is -4.34. The molecule has 4 aromatic carbocycles. The van der Waals surface area contributed by atoms with Gasteiger partial charge >= 0.3 is 0 Å². The zero-order valence-corrected chi connectivity index (χ0v) is 29.7. The van der Waals surface area contributed by atoms with Crippen LogP contribution in [0.1, 0.15) is 36.8 Å². The van der Waals surface area contributed by atoms with E-state index in [1.165, 1.54) is 37.3 Å². The Bertz CT molecular complexity index is 1850. The second-order valence-electron chi connectivity index (χ2n) is 11.8. The number of nitrogens with zero attached hydrogens (tertiary/aromatic N) is 2. The number of rotatable bonds is 14. The first-order valence-electron chi connectivity index (χ1n) is 16.0. The van der Waals surface area contributed by atoms with Crippen molar-refractivity contribution in [2.24, 2.45) is 0 Å². The fourth-order valence-corrected chi connectivity index (χ4v) is 7.88. The predicted molar refractivity (Wildman–Crippen MR) is 192 cm³/mol. The summed E-state index contributed by atoms with van der Waals surface area (Å²) < 4.78 is 40.5. The Labute approximate surface area is 297 Å². The third-order valence-electron chi connectivity index (χ3n) is 8.59. The van der Waals surface area contributed by atoms with Gasteiger partial charge in [-0.2, -0.15) is 0 Å². The lowest BCUT2D eigenvalue weighted by Crippen LogP contribution is -2.54. The molecule has 1 N–H and O–H groups in total. The molecule has 2 amide bonds. The molecule has 1 saturated carbocycles. The molecule has 1 atom stereocenters. The molecule has 0 aromatic heterocycles. The number of halogens is 2. The van der Waals surface area contributed by atoms with Crippen LogP contribution in [0.3, 0.4) is 0 Å². The lowest BCUT2D eigenvalue weighted by molar-refractivity contribution is -0.140. The molecule has 0 saturated heterocycles. The first kappa shape index (κ1) is 36.0. The van der Waals surface area contributed by atoms with Gasteiger partial charge in [0.15, 0.2) is 11.5 Å². The zero-order valence-electron chi connectivity index (χ0n) is 27.4. The van der Waals surface area contributed by atoms with Crippen molar-refractivity contribution in [1.82, 2.24) is 10.2 Å². The maximum Gasteiger partial charge on any atom is 0.264 e. The normalized spacial score (nSPS) is 13.8. The minimum Gasteiger partial charge on any atom is -0.493 e. The van der Waals surface area contributed by atoms with E-state index in [9.17, 15) is 18.0 Å². The van der Waals surface area contributed by atoms with E-state index in [0.29, 0.717) is 21.4 Å². The van der Waals surface area contributed by atoms with Crippen LogP contribution in [0, 0.1) is 0 Å². The molecule has 0 bridgehead atoms. The number of methoxy groups -OCH3 is 2. The van der Waals surface area contributed by atoms with Crippen LogP contribution in [-0.2, 0) is 32.6 Å². The SMILES string of the molecule is COc1ccc(S(=O)(=O)N(CC(=O)N(Cc2ccc(Cl)cc2Cl)[C@@H](Cc2ccccc2)C(=O)NC2CCCC2)c2ccccc2)cc1OC. The topological polar surface area (TPSA) is 105 Å². The highest BCUT2D eigenvalue weighted by Crippen LogP contribution is 2.33. The van der Waals surface area contributed by atoms with Gasteiger partial charge in [0.1, 0.15) is 12.6 Å². The van der Waals surface area contributed by atoms with Crippen LogP contribution < -0.4 is 19.1 Å². The molecule has 1 aliphatic carbocycles. The van der Waals surface area contributed by atoms with E-state index < -0.39 is 28.5 Å². The second kappa shape index (κ2) is 16.4. The zero-order chi connectivity index (χ0) is 35.0. The molecule has 0 radical (unpaired) electrons. The lowest BCUT2D eigenvalue weighted by Gasteiger charge is -2.34. The molecule has 0 aliphatic heterocycles. The molecule has 258 valence electrons. The number of hydrogen-bond acceptors (Lipinski definition) is 6. The average Bonchev–Trinajstić information content (AvgIpc) is 3.62. The van der Waals surface area contributed by atoms with E-state index in [2.05, 4.69) is 5.32 Å². The molecule has 1 fully saturated rings. The van der Waals surface area contributed by atoms with Gasteiger partial charge < -0.3 is 19.7 Å². The van der Waals surface area contributed by atoms with Gasteiger partial charge in [-0.1, -0.05) is 90.6 Å². The molecule has 0 unspecified atom stereocenters. The molecule has 5 rings (SSSR count). The first-order valence-corrected chi connectivity index (χ1v) is 18.2. The lowest BCUT2D eigenvalue weighted by atomic mass is 10.0. The molecule has 0 heterocycles. The van der Waals surface area contributed by atoms with E-state index in [4.69, 9.17) is 32.7 Å². The van der Waals surface area contributed by atoms with Gasteiger partial charge in [-0.15, -0.1) is 0 Å². The summed E-state index contributed by atoms with van der Waals surface area (Å²) in [6.45, 7) is -0.669. The third-order valence-corrected chi connectivity index (χ3v) is 11.0. The number of anilines is 1. The Kier molecular flexibility index (Phi) is 12.1. The van der Waals surface area contributed by atoms with Crippen LogP contribution in [-0.4, -0.2) is 58.0 Å². The van der Waals surface area contributed by atoms with Gasteiger partial charge in [0.05, 0.1) is 24.8 Å². The van der Waals surface area contributed by atoms with Gasteiger partial charge in [0.2, 0.25) is 11.8 Å². The molecular weight excluding hydrogens is 685 g/mol. The largest absolute Gasteiger partial charge is 0.493 e. The molecule has 9 nitrogen and oxygen atoms in total. The van der Waals surface area contributed by atoms with E-state index in [1.54, 1.807) is 48.5 Å². The minimum absolute atomic E-state index is 0.00640. The molecule has 49 heavy (non-hydrogen) atoms. The van der Waals surface area contributed by atoms with Crippen molar-refractivity contribution in [3.8, 4) is 11.5 Å². The van der Waals surface area contributed by atoms with Crippen molar-refractivity contribution < 1.29 is 27.5 Å². The summed E-state index contributed by atoms with van der Waals surface area (Å²) in [5.74, 6) is -0.343. The maximum atomic E-state index is 14.7. The van der Waals surface area contributed by atoms with Crippen molar-refractivity contribution in [3.63, 3.8) is 0 Å². The molecular formula is C37H39Cl2N3O6S. The highest BCUT2D eigenvalue weighted by molar-refractivity contribution is 7.92. The van der Waals surface area contributed by atoms with Gasteiger partial charge in [-0.05, 0) is 60.4 Å². The van der Waals surface area contributed by atoms with Crippen molar-refractivity contribution in [1.29, 1.82) is 0 Å². The summed E-state index contributed by atoms with van der Waals surface area (Å²) in [6, 6.07) is 26.0. The number of benzene rings is 4. The molecule has 1 aliphatic rings. The van der Waals surface area contributed by atoms with Crippen LogP contribution >= 0.6 is 23.2 Å². The van der Waals surface area contributed by atoms with Crippen LogP contribution in [0.4, 0.5) is 5.69 Å². The molecule has 4 aromatic rings. The summed E-state index contributed by atoms with van der Waals surface area (Å²) in [7, 11) is -1.48. The van der Waals surface area contributed by atoms with Gasteiger partial charge in [-0.25, -0.2) is 8.42 Å². The van der Waals surface area contributed by atoms with Crippen LogP contribution in [0.25, 0.3) is 0 Å². The van der Waals surface area contributed by atoms with Gasteiger partial charge in [0, 0.05) is 35.1 Å². The Balaban J connectivity index is 1.58. The first-order chi connectivity index (χ1) is 23.6. The monoisotopic (exact) mass is 723 g/mol. The number of hydrogen-bond donors (Lipinski definition) is 1. The Hall–Kier alpha value is -4.25. The molecule has 12 heteroatoms. The van der Waals surface area contributed by atoms with Crippen LogP contribution in [0.5, 0.6) is 11.5 Å². The average molecular weight is 725 g/mol. The second-order valence-corrected chi connectivity index (χ2v) is 14.5. The van der Waals surface area contributed by atoms with E-state index in [0.717, 1.165) is 35.6 Å². The van der Waals surface area contributed by atoms with Gasteiger partial charge in [0.25, 0.3) is 10.0 Å².